The van der Waals surface area contributed by atoms with Crippen LogP contribution in [-0.2, 0) is 19.1 Å². The molecular formula is C16H21NO4. The number of rotatable bonds is 7. The Morgan fingerprint density at radius 3 is 2.29 bits per heavy atom. The van der Waals surface area contributed by atoms with Gasteiger partial charge in [0, 0.05) is 5.69 Å². The van der Waals surface area contributed by atoms with Crippen molar-refractivity contribution in [3.05, 3.63) is 41.6 Å². The van der Waals surface area contributed by atoms with Crippen molar-refractivity contribution in [3.8, 4) is 0 Å². The minimum atomic E-state index is -0.498. The van der Waals surface area contributed by atoms with Crippen LogP contribution in [-0.4, -0.2) is 25.2 Å². The summed E-state index contributed by atoms with van der Waals surface area (Å²) < 4.78 is 9.80. The van der Waals surface area contributed by atoms with E-state index in [4.69, 9.17) is 9.47 Å². The van der Waals surface area contributed by atoms with Crippen molar-refractivity contribution in [1.82, 2.24) is 0 Å². The second-order valence-corrected chi connectivity index (χ2v) is 4.34. The molecule has 0 saturated carbocycles. The van der Waals surface area contributed by atoms with Gasteiger partial charge in [-0.15, -0.1) is 0 Å². The zero-order chi connectivity index (χ0) is 15.7. The molecule has 0 fully saturated rings. The van der Waals surface area contributed by atoms with E-state index in [0.717, 1.165) is 11.3 Å². The highest BCUT2D eigenvalue weighted by atomic mass is 16.5. The molecule has 0 aliphatic rings. The average molecular weight is 291 g/mol. The first-order valence-electron chi connectivity index (χ1n) is 6.93. The summed E-state index contributed by atoms with van der Waals surface area (Å²) in [6.07, 6.45) is 1.50. The van der Waals surface area contributed by atoms with Gasteiger partial charge in [0.15, 0.2) is 0 Å². The minimum absolute atomic E-state index is 0.0147. The number of ether oxygens (including phenoxy) is 2. The lowest BCUT2D eigenvalue weighted by Crippen LogP contribution is -2.15. The van der Waals surface area contributed by atoms with Crippen LogP contribution in [0.25, 0.3) is 0 Å². The Morgan fingerprint density at radius 1 is 1.10 bits per heavy atom. The number of aryl methyl sites for hydroxylation is 1. The number of benzene rings is 1. The summed E-state index contributed by atoms with van der Waals surface area (Å²) in [7, 11) is 0. The van der Waals surface area contributed by atoms with Gasteiger partial charge in [-0.1, -0.05) is 17.7 Å². The van der Waals surface area contributed by atoms with Gasteiger partial charge in [-0.25, -0.2) is 4.79 Å². The third kappa shape index (κ3) is 6.12. The van der Waals surface area contributed by atoms with E-state index in [-0.39, 0.29) is 24.7 Å². The summed E-state index contributed by atoms with van der Waals surface area (Å²) >= 11 is 0. The normalized spacial score (nSPS) is 10.9. The predicted octanol–water partition coefficient (Wildman–Crippen LogP) is 2.81. The fourth-order valence-corrected chi connectivity index (χ4v) is 1.59. The average Bonchev–Trinajstić information content (AvgIpc) is 2.46. The van der Waals surface area contributed by atoms with E-state index in [1.807, 2.05) is 31.2 Å². The molecule has 5 nitrogen and oxygen atoms in total. The first-order valence-corrected chi connectivity index (χ1v) is 6.93. The van der Waals surface area contributed by atoms with Crippen LogP contribution in [0.5, 0.6) is 0 Å². The first kappa shape index (κ1) is 16.8. The molecule has 114 valence electrons. The highest BCUT2D eigenvalue weighted by Gasteiger charge is 2.12. The van der Waals surface area contributed by atoms with Crippen LogP contribution in [0.15, 0.2) is 36.0 Å². The van der Waals surface area contributed by atoms with Crippen molar-refractivity contribution in [2.45, 2.75) is 27.2 Å². The van der Waals surface area contributed by atoms with Gasteiger partial charge in [0.05, 0.1) is 19.6 Å². The van der Waals surface area contributed by atoms with Crippen LogP contribution in [0.1, 0.15) is 25.8 Å². The maximum Gasteiger partial charge on any atom is 0.354 e. The highest BCUT2D eigenvalue weighted by Crippen LogP contribution is 2.13. The molecule has 0 spiro atoms. The van der Waals surface area contributed by atoms with Crippen LogP contribution in [0.2, 0.25) is 0 Å². The largest absolute Gasteiger partial charge is 0.466 e. The van der Waals surface area contributed by atoms with Crippen molar-refractivity contribution >= 4 is 17.6 Å². The molecule has 0 aliphatic carbocycles. The van der Waals surface area contributed by atoms with E-state index in [9.17, 15) is 9.59 Å². The number of esters is 2. The second-order valence-electron chi connectivity index (χ2n) is 4.34. The number of carbonyl (C=O) groups excluding carboxylic acids is 2. The molecule has 1 N–H and O–H groups in total. The monoisotopic (exact) mass is 291 g/mol. The molecule has 0 heterocycles. The lowest BCUT2D eigenvalue weighted by atomic mass is 10.2. The van der Waals surface area contributed by atoms with Gasteiger partial charge >= 0.3 is 11.9 Å². The van der Waals surface area contributed by atoms with Gasteiger partial charge in [0.2, 0.25) is 0 Å². The summed E-state index contributed by atoms with van der Waals surface area (Å²) in [4.78, 5) is 23.3. The summed E-state index contributed by atoms with van der Waals surface area (Å²) in [6.45, 7) is 6.02. The van der Waals surface area contributed by atoms with E-state index in [2.05, 4.69) is 5.32 Å². The van der Waals surface area contributed by atoms with Crippen molar-refractivity contribution in [1.29, 1.82) is 0 Å². The molecule has 0 bridgehead atoms. The fraction of sp³-hybridized carbons (Fsp3) is 0.375. The molecule has 1 rings (SSSR count). The Kier molecular flexibility index (Phi) is 7.01. The Bertz CT molecular complexity index is 506. The number of nitrogens with one attached hydrogen (secondary N) is 1. The summed E-state index contributed by atoms with van der Waals surface area (Å²) in [6, 6.07) is 7.56. The first-order chi connectivity index (χ1) is 10.1. The molecule has 0 aromatic heterocycles. The SMILES string of the molecule is CCOC(=O)C/C=C(/Nc1ccc(C)cc1)C(=O)OCC. The van der Waals surface area contributed by atoms with E-state index < -0.39 is 5.97 Å². The molecular weight excluding hydrogens is 270 g/mol. The molecule has 1 aromatic carbocycles. The van der Waals surface area contributed by atoms with E-state index >= 15 is 0 Å². The number of anilines is 1. The highest BCUT2D eigenvalue weighted by molar-refractivity contribution is 5.92. The van der Waals surface area contributed by atoms with Crippen LogP contribution in [0.3, 0.4) is 0 Å². The lowest BCUT2D eigenvalue weighted by Gasteiger charge is -2.10. The minimum Gasteiger partial charge on any atom is -0.466 e. The third-order valence-corrected chi connectivity index (χ3v) is 2.60. The van der Waals surface area contributed by atoms with Crippen molar-refractivity contribution < 1.29 is 19.1 Å². The summed E-state index contributed by atoms with van der Waals surface area (Å²) in [5.41, 5.74) is 2.10. The second kappa shape index (κ2) is 8.79. The van der Waals surface area contributed by atoms with Gasteiger partial charge in [0.25, 0.3) is 0 Å². The molecule has 21 heavy (non-hydrogen) atoms. The Labute approximate surface area is 124 Å². The Hall–Kier alpha value is -2.30. The van der Waals surface area contributed by atoms with Gasteiger partial charge in [-0.3, -0.25) is 4.79 Å². The summed E-state index contributed by atoms with van der Waals surface area (Å²) in [5.74, 6) is -0.882. The zero-order valence-electron chi connectivity index (χ0n) is 12.6. The molecule has 0 aliphatic heterocycles. The number of carbonyl (C=O) groups is 2. The quantitative estimate of drug-likeness (QED) is 0.618. The molecule has 0 amide bonds. The molecule has 0 radical (unpaired) electrons. The molecule has 0 saturated heterocycles. The van der Waals surface area contributed by atoms with Crippen LogP contribution in [0.4, 0.5) is 5.69 Å². The Morgan fingerprint density at radius 2 is 1.71 bits per heavy atom. The zero-order valence-corrected chi connectivity index (χ0v) is 12.6. The van der Waals surface area contributed by atoms with Crippen molar-refractivity contribution in [2.24, 2.45) is 0 Å². The van der Waals surface area contributed by atoms with Gasteiger partial charge in [-0.05, 0) is 39.0 Å². The van der Waals surface area contributed by atoms with E-state index in [1.165, 1.54) is 6.08 Å². The van der Waals surface area contributed by atoms with Crippen LogP contribution < -0.4 is 5.32 Å². The standard InChI is InChI=1S/C16H21NO4/c1-4-20-15(18)11-10-14(16(19)21-5-2)17-13-8-6-12(3)7-9-13/h6-10,17H,4-5,11H2,1-3H3/b14-10+. The van der Waals surface area contributed by atoms with E-state index in [0.29, 0.717) is 6.61 Å². The Balaban J connectivity index is 2.81. The van der Waals surface area contributed by atoms with Gasteiger partial charge in [0.1, 0.15) is 5.70 Å². The molecule has 5 heteroatoms. The summed E-state index contributed by atoms with van der Waals surface area (Å²) in [5, 5.41) is 2.97. The van der Waals surface area contributed by atoms with Gasteiger partial charge in [-0.2, -0.15) is 0 Å². The number of hydrogen-bond acceptors (Lipinski definition) is 5. The molecule has 0 unspecified atom stereocenters. The maximum atomic E-state index is 11.9. The van der Waals surface area contributed by atoms with E-state index in [1.54, 1.807) is 13.8 Å². The predicted molar refractivity (Wildman–Crippen MR) is 80.8 cm³/mol. The van der Waals surface area contributed by atoms with Crippen molar-refractivity contribution in [2.75, 3.05) is 18.5 Å². The smallest absolute Gasteiger partial charge is 0.354 e. The van der Waals surface area contributed by atoms with Crippen molar-refractivity contribution in [3.63, 3.8) is 0 Å². The van der Waals surface area contributed by atoms with Crippen LogP contribution in [0, 0.1) is 6.92 Å². The maximum absolute atomic E-state index is 11.9. The van der Waals surface area contributed by atoms with Gasteiger partial charge < -0.3 is 14.8 Å². The van der Waals surface area contributed by atoms with Crippen LogP contribution >= 0.6 is 0 Å². The lowest BCUT2D eigenvalue weighted by molar-refractivity contribution is -0.142. The molecule has 1 aromatic rings. The topological polar surface area (TPSA) is 64.6 Å². The number of hydrogen-bond donors (Lipinski definition) is 1. The molecule has 0 atom stereocenters. The third-order valence-electron chi connectivity index (χ3n) is 2.60. The fourth-order valence-electron chi connectivity index (χ4n) is 1.59.